The fourth-order valence-electron chi connectivity index (χ4n) is 4.61. The molecule has 0 radical (unpaired) electrons. The highest BCUT2D eigenvalue weighted by atomic mass is 32.2. The number of aryl methyl sites for hydroxylation is 3. The average molecular weight is 378 g/mol. The minimum atomic E-state index is -3.62. The topological polar surface area (TPSA) is 83.9 Å². The summed E-state index contributed by atoms with van der Waals surface area (Å²) in [6, 6.07) is 0.0489. The molecule has 1 saturated carbocycles. The molecule has 8 heteroatoms. The molecule has 0 aliphatic heterocycles. The number of sulfonamides is 1. The Labute approximate surface area is 154 Å². The van der Waals surface area contributed by atoms with Gasteiger partial charge in [-0.2, -0.15) is 14.5 Å². The zero-order valence-corrected chi connectivity index (χ0v) is 16.6. The first kappa shape index (κ1) is 17.7. The lowest BCUT2D eigenvalue weighted by Gasteiger charge is -2.28. The van der Waals surface area contributed by atoms with Crippen LogP contribution in [0.2, 0.25) is 0 Å². The van der Waals surface area contributed by atoms with E-state index in [-0.39, 0.29) is 6.04 Å². The third-order valence-electron chi connectivity index (χ3n) is 5.86. The maximum atomic E-state index is 13.6. The van der Waals surface area contributed by atoms with E-state index in [1.807, 2.05) is 11.7 Å². The number of hydrogen-bond donors (Lipinski definition) is 1. The molecule has 2 aromatic heterocycles. The minimum Gasteiger partial charge on any atom is -0.281 e. The molecule has 0 atom stereocenters. The highest BCUT2D eigenvalue weighted by Gasteiger charge is 2.37. The van der Waals surface area contributed by atoms with Crippen molar-refractivity contribution in [2.24, 2.45) is 7.05 Å². The Bertz CT molecular complexity index is 902. The molecule has 1 N–H and O–H groups in total. The van der Waals surface area contributed by atoms with E-state index in [9.17, 15) is 8.42 Å². The van der Waals surface area contributed by atoms with Gasteiger partial charge in [0.2, 0.25) is 10.0 Å². The largest absolute Gasteiger partial charge is 0.281 e. The number of nitrogens with zero attached hydrogens (tertiary/aromatic N) is 4. The Morgan fingerprint density at radius 3 is 2.58 bits per heavy atom. The summed E-state index contributed by atoms with van der Waals surface area (Å²) in [7, 11) is -1.65. The predicted molar refractivity (Wildman–Crippen MR) is 98.3 cm³/mol. The van der Waals surface area contributed by atoms with Crippen LogP contribution < -0.4 is 0 Å². The van der Waals surface area contributed by atoms with E-state index in [1.165, 1.54) is 11.3 Å². The van der Waals surface area contributed by atoms with Crippen LogP contribution >= 0.6 is 0 Å². The van der Waals surface area contributed by atoms with Crippen LogP contribution in [0, 0.1) is 13.8 Å². The van der Waals surface area contributed by atoms with Gasteiger partial charge in [0.15, 0.2) is 0 Å². The highest BCUT2D eigenvalue weighted by molar-refractivity contribution is 7.89. The summed E-state index contributed by atoms with van der Waals surface area (Å²) in [5, 5.41) is 11.6. The van der Waals surface area contributed by atoms with Crippen LogP contribution in [0.25, 0.3) is 0 Å². The molecule has 2 aliphatic rings. The monoisotopic (exact) mass is 377 g/mol. The Kier molecular flexibility index (Phi) is 4.43. The number of nitrogens with one attached hydrogen (secondary N) is 1. The number of hydrogen-bond acceptors (Lipinski definition) is 4. The van der Waals surface area contributed by atoms with Crippen LogP contribution in [-0.4, -0.2) is 38.7 Å². The van der Waals surface area contributed by atoms with E-state index in [0.29, 0.717) is 22.8 Å². The maximum absolute atomic E-state index is 13.6. The Morgan fingerprint density at radius 2 is 1.92 bits per heavy atom. The van der Waals surface area contributed by atoms with Gasteiger partial charge in [-0.1, -0.05) is 12.8 Å². The quantitative estimate of drug-likeness (QED) is 0.867. The summed E-state index contributed by atoms with van der Waals surface area (Å²) in [6.07, 6.45) is 7.18. The van der Waals surface area contributed by atoms with Gasteiger partial charge in [-0.15, -0.1) is 0 Å². The van der Waals surface area contributed by atoms with Gasteiger partial charge < -0.3 is 0 Å². The second-order valence-corrected chi connectivity index (χ2v) is 9.43. The van der Waals surface area contributed by atoms with Crippen LogP contribution in [0.5, 0.6) is 0 Å². The normalized spacial score (nSPS) is 18.2. The highest BCUT2D eigenvalue weighted by Crippen LogP contribution is 2.34. The smallest absolute Gasteiger partial charge is 0.247 e. The van der Waals surface area contributed by atoms with Crippen molar-refractivity contribution in [2.45, 2.75) is 76.3 Å². The van der Waals surface area contributed by atoms with Gasteiger partial charge in [-0.05, 0) is 51.5 Å². The molecular weight excluding hydrogens is 350 g/mol. The summed E-state index contributed by atoms with van der Waals surface area (Å²) >= 11 is 0. The van der Waals surface area contributed by atoms with Crippen LogP contribution in [0.1, 0.15) is 60.4 Å². The van der Waals surface area contributed by atoms with Crippen molar-refractivity contribution in [2.75, 3.05) is 0 Å². The zero-order chi connectivity index (χ0) is 18.5. The van der Waals surface area contributed by atoms with Gasteiger partial charge in [-0.3, -0.25) is 9.78 Å². The van der Waals surface area contributed by atoms with Crippen molar-refractivity contribution in [1.82, 2.24) is 24.3 Å². The number of H-pyrrole nitrogens is 1. The summed E-state index contributed by atoms with van der Waals surface area (Å²) in [6.45, 7) is 3.89. The first-order valence-corrected chi connectivity index (χ1v) is 10.9. The molecule has 2 heterocycles. The van der Waals surface area contributed by atoms with E-state index in [0.717, 1.165) is 50.6 Å². The van der Waals surface area contributed by atoms with Gasteiger partial charge in [0.25, 0.3) is 0 Å². The van der Waals surface area contributed by atoms with Gasteiger partial charge in [0, 0.05) is 18.8 Å². The lowest BCUT2D eigenvalue weighted by atomic mass is 10.2. The number of rotatable bonds is 5. The first-order valence-electron chi connectivity index (χ1n) is 9.46. The maximum Gasteiger partial charge on any atom is 0.247 e. The molecule has 2 aromatic rings. The van der Waals surface area contributed by atoms with Crippen molar-refractivity contribution in [3.8, 4) is 0 Å². The van der Waals surface area contributed by atoms with E-state index in [1.54, 1.807) is 18.2 Å². The van der Waals surface area contributed by atoms with Crippen molar-refractivity contribution in [3.63, 3.8) is 0 Å². The molecule has 0 amide bonds. The molecule has 7 nitrogen and oxygen atoms in total. The molecular formula is C18H27N5O2S. The lowest BCUT2D eigenvalue weighted by molar-refractivity contribution is 0.311. The van der Waals surface area contributed by atoms with E-state index >= 15 is 0 Å². The second-order valence-electron chi connectivity index (χ2n) is 7.60. The van der Waals surface area contributed by atoms with Crippen LogP contribution in [-0.2, 0) is 36.5 Å². The molecule has 0 aromatic carbocycles. The standard InChI is InChI=1S/C18H27N5O2S/c1-12-18(13(2)20-19-12)26(24,25)23(14-7-4-5-8-14)11-16-15-9-6-10-17(15)22(3)21-16/h14H,4-11H2,1-3H3,(H,19,20). The summed E-state index contributed by atoms with van der Waals surface area (Å²) in [5.74, 6) is 0. The SMILES string of the molecule is Cc1n[nH]c(C)c1S(=O)(=O)N(Cc1nn(C)c2c1CCC2)C1CCCC1. The third kappa shape index (κ3) is 2.79. The lowest BCUT2D eigenvalue weighted by Crippen LogP contribution is -2.39. The number of aromatic amines is 1. The third-order valence-corrected chi connectivity index (χ3v) is 8.03. The molecule has 142 valence electrons. The predicted octanol–water partition coefficient (Wildman–Crippen LogP) is 2.38. The van der Waals surface area contributed by atoms with Crippen molar-refractivity contribution in [3.05, 3.63) is 28.3 Å². The fourth-order valence-corrected chi connectivity index (χ4v) is 6.59. The van der Waals surface area contributed by atoms with Gasteiger partial charge in [-0.25, -0.2) is 8.42 Å². The molecule has 4 rings (SSSR count). The number of aromatic nitrogens is 4. The Balaban J connectivity index is 1.75. The first-order chi connectivity index (χ1) is 12.4. The van der Waals surface area contributed by atoms with Gasteiger partial charge >= 0.3 is 0 Å². The fraction of sp³-hybridized carbons (Fsp3) is 0.667. The summed E-state index contributed by atoms with van der Waals surface area (Å²) < 4.78 is 30.8. The molecule has 0 spiro atoms. The van der Waals surface area contributed by atoms with Crippen LogP contribution in [0.3, 0.4) is 0 Å². The van der Waals surface area contributed by atoms with Gasteiger partial charge in [0.1, 0.15) is 4.90 Å². The average Bonchev–Trinajstić information content (AvgIpc) is 3.33. The molecule has 1 fully saturated rings. The molecule has 0 bridgehead atoms. The van der Waals surface area contributed by atoms with E-state index in [2.05, 4.69) is 15.3 Å². The molecule has 26 heavy (non-hydrogen) atoms. The molecule has 0 saturated heterocycles. The molecule has 2 aliphatic carbocycles. The van der Waals surface area contributed by atoms with Crippen molar-refractivity contribution < 1.29 is 8.42 Å². The van der Waals surface area contributed by atoms with Crippen molar-refractivity contribution >= 4 is 10.0 Å². The van der Waals surface area contributed by atoms with Crippen LogP contribution in [0.15, 0.2) is 4.90 Å². The second kappa shape index (κ2) is 6.49. The van der Waals surface area contributed by atoms with E-state index < -0.39 is 10.0 Å². The zero-order valence-electron chi connectivity index (χ0n) is 15.7. The number of fused-ring (bicyclic) bond motifs is 1. The molecule has 0 unspecified atom stereocenters. The minimum absolute atomic E-state index is 0.0489. The van der Waals surface area contributed by atoms with Crippen LogP contribution in [0.4, 0.5) is 0 Å². The Hall–Kier alpha value is -1.67. The van der Waals surface area contributed by atoms with Gasteiger partial charge in [0.05, 0.1) is 23.6 Å². The summed E-state index contributed by atoms with van der Waals surface area (Å²) in [5.41, 5.74) is 4.59. The summed E-state index contributed by atoms with van der Waals surface area (Å²) in [4.78, 5) is 0.331. The van der Waals surface area contributed by atoms with E-state index in [4.69, 9.17) is 0 Å². The Morgan fingerprint density at radius 1 is 1.19 bits per heavy atom. The van der Waals surface area contributed by atoms with Crippen molar-refractivity contribution in [1.29, 1.82) is 0 Å².